The normalized spacial score (nSPS) is 12.3. The van der Waals surface area contributed by atoms with Crippen molar-refractivity contribution in [3.05, 3.63) is 29.8 Å². The van der Waals surface area contributed by atoms with Gasteiger partial charge in [0.15, 0.2) is 0 Å². The molecule has 0 aliphatic heterocycles. The fraction of sp³-hybridized carbons (Fsp3) is 0.500. The van der Waals surface area contributed by atoms with E-state index in [1.54, 1.807) is 25.2 Å². The van der Waals surface area contributed by atoms with Gasteiger partial charge < -0.3 is 10.0 Å². The van der Waals surface area contributed by atoms with Gasteiger partial charge in [-0.2, -0.15) is 4.31 Å². The van der Waals surface area contributed by atoms with Gasteiger partial charge in [-0.1, -0.05) is 18.2 Å². The van der Waals surface area contributed by atoms with Crippen molar-refractivity contribution in [3.63, 3.8) is 0 Å². The van der Waals surface area contributed by atoms with Gasteiger partial charge in [-0.3, -0.25) is 0 Å². The standard InChI is InChI=1S/C12H20N2O3S/c1-13(2)8-9-14(3)18(16,17)12-7-5-4-6-11(12)10-15/h4-7,15H,8-10H2,1-3H3. The Morgan fingerprint density at radius 2 is 1.72 bits per heavy atom. The summed E-state index contributed by atoms with van der Waals surface area (Å²) in [4.78, 5) is 2.10. The molecule has 1 aromatic carbocycles. The number of rotatable bonds is 6. The Morgan fingerprint density at radius 3 is 2.28 bits per heavy atom. The summed E-state index contributed by atoms with van der Waals surface area (Å²) >= 11 is 0. The largest absolute Gasteiger partial charge is 0.392 e. The van der Waals surface area contributed by atoms with Gasteiger partial charge in [0.1, 0.15) is 0 Å². The van der Waals surface area contributed by atoms with Crippen LogP contribution < -0.4 is 0 Å². The maximum absolute atomic E-state index is 12.3. The molecule has 1 aromatic rings. The molecule has 1 N–H and O–H groups in total. The van der Waals surface area contributed by atoms with E-state index in [2.05, 4.69) is 0 Å². The molecule has 0 aromatic heterocycles. The molecule has 0 radical (unpaired) electrons. The van der Waals surface area contributed by atoms with Crippen molar-refractivity contribution < 1.29 is 13.5 Å². The molecule has 0 unspecified atom stereocenters. The van der Waals surface area contributed by atoms with Gasteiger partial charge in [0, 0.05) is 20.1 Å². The smallest absolute Gasteiger partial charge is 0.243 e. The molecule has 0 atom stereocenters. The highest BCUT2D eigenvalue weighted by atomic mass is 32.2. The zero-order valence-electron chi connectivity index (χ0n) is 11.0. The first kappa shape index (κ1) is 15.1. The number of benzene rings is 1. The number of likely N-dealkylation sites (N-methyl/N-ethyl adjacent to an activating group) is 2. The van der Waals surface area contributed by atoms with E-state index in [9.17, 15) is 13.5 Å². The van der Waals surface area contributed by atoms with Gasteiger partial charge >= 0.3 is 0 Å². The van der Waals surface area contributed by atoms with Crippen molar-refractivity contribution in [2.24, 2.45) is 0 Å². The van der Waals surface area contributed by atoms with Crippen LogP contribution in [0.2, 0.25) is 0 Å². The average molecular weight is 272 g/mol. The van der Waals surface area contributed by atoms with Crippen LogP contribution in [0.25, 0.3) is 0 Å². The maximum atomic E-state index is 12.3. The van der Waals surface area contributed by atoms with Crippen molar-refractivity contribution in [1.82, 2.24) is 9.21 Å². The molecular weight excluding hydrogens is 252 g/mol. The fourth-order valence-electron chi connectivity index (χ4n) is 1.52. The van der Waals surface area contributed by atoms with Crippen LogP contribution in [0.3, 0.4) is 0 Å². The van der Waals surface area contributed by atoms with Crippen molar-refractivity contribution in [3.8, 4) is 0 Å². The van der Waals surface area contributed by atoms with E-state index in [1.807, 2.05) is 19.0 Å². The van der Waals surface area contributed by atoms with Gasteiger partial charge in [0.05, 0.1) is 11.5 Å². The minimum absolute atomic E-state index is 0.175. The molecule has 0 heterocycles. The van der Waals surface area contributed by atoms with E-state index < -0.39 is 10.0 Å². The Kier molecular flexibility index (Phi) is 5.28. The zero-order valence-corrected chi connectivity index (χ0v) is 11.8. The van der Waals surface area contributed by atoms with Crippen molar-refractivity contribution in [2.45, 2.75) is 11.5 Å². The van der Waals surface area contributed by atoms with Crippen LogP contribution in [-0.4, -0.2) is 57.0 Å². The maximum Gasteiger partial charge on any atom is 0.243 e. The number of aliphatic hydroxyl groups is 1. The minimum Gasteiger partial charge on any atom is -0.392 e. The van der Waals surface area contributed by atoms with Crippen molar-refractivity contribution >= 4 is 10.0 Å². The summed E-state index contributed by atoms with van der Waals surface area (Å²) in [6.45, 7) is 0.781. The van der Waals surface area contributed by atoms with Crippen LogP contribution in [0.1, 0.15) is 5.56 Å². The Morgan fingerprint density at radius 1 is 1.11 bits per heavy atom. The third-order valence-electron chi connectivity index (χ3n) is 2.69. The van der Waals surface area contributed by atoms with E-state index in [-0.39, 0.29) is 11.5 Å². The molecule has 0 fully saturated rings. The lowest BCUT2D eigenvalue weighted by atomic mass is 10.2. The fourth-order valence-corrected chi connectivity index (χ4v) is 2.89. The molecule has 5 nitrogen and oxygen atoms in total. The molecule has 18 heavy (non-hydrogen) atoms. The first-order chi connectivity index (χ1) is 8.39. The Bertz CT molecular complexity index is 486. The number of aliphatic hydroxyl groups excluding tert-OH is 1. The molecule has 0 saturated heterocycles. The Balaban J connectivity index is 2.98. The first-order valence-electron chi connectivity index (χ1n) is 5.69. The van der Waals surface area contributed by atoms with E-state index in [0.29, 0.717) is 18.7 Å². The zero-order chi connectivity index (χ0) is 13.8. The van der Waals surface area contributed by atoms with Crippen molar-refractivity contribution in [2.75, 3.05) is 34.2 Å². The summed E-state index contributed by atoms with van der Waals surface area (Å²) in [5.41, 5.74) is 0.425. The summed E-state index contributed by atoms with van der Waals surface area (Å²) in [5, 5.41) is 9.19. The predicted octanol–water partition coefficient (Wildman–Crippen LogP) is 0.361. The predicted molar refractivity (Wildman–Crippen MR) is 70.7 cm³/mol. The van der Waals surface area contributed by atoms with Crippen LogP contribution in [0.5, 0.6) is 0 Å². The molecule has 0 bridgehead atoms. The summed E-state index contributed by atoms with van der Waals surface area (Å²) in [6.07, 6.45) is 0. The average Bonchev–Trinajstić information content (AvgIpc) is 2.35. The van der Waals surface area contributed by atoms with Gasteiger partial charge in [-0.15, -0.1) is 0 Å². The number of nitrogens with zero attached hydrogens (tertiary/aromatic N) is 2. The van der Waals surface area contributed by atoms with E-state index in [1.165, 1.54) is 10.4 Å². The van der Waals surface area contributed by atoms with Gasteiger partial charge in [0.2, 0.25) is 10.0 Å². The molecule has 0 saturated carbocycles. The third-order valence-corrected chi connectivity index (χ3v) is 4.65. The summed E-state index contributed by atoms with van der Waals surface area (Å²) in [5.74, 6) is 0. The topological polar surface area (TPSA) is 60.9 Å². The molecule has 0 spiro atoms. The van der Waals surface area contributed by atoms with E-state index in [4.69, 9.17) is 0 Å². The van der Waals surface area contributed by atoms with Crippen LogP contribution in [0.4, 0.5) is 0 Å². The molecule has 0 aliphatic rings. The summed E-state index contributed by atoms with van der Waals surface area (Å²) in [7, 11) is 1.80. The van der Waals surface area contributed by atoms with Crippen LogP contribution in [0, 0.1) is 0 Å². The lowest BCUT2D eigenvalue weighted by Gasteiger charge is -2.20. The second-order valence-corrected chi connectivity index (χ2v) is 6.41. The lowest BCUT2D eigenvalue weighted by molar-refractivity contribution is 0.278. The molecule has 0 aliphatic carbocycles. The third kappa shape index (κ3) is 3.52. The van der Waals surface area contributed by atoms with E-state index in [0.717, 1.165) is 0 Å². The second-order valence-electron chi connectivity index (χ2n) is 4.40. The quantitative estimate of drug-likeness (QED) is 0.812. The van der Waals surface area contributed by atoms with Crippen LogP contribution >= 0.6 is 0 Å². The first-order valence-corrected chi connectivity index (χ1v) is 7.13. The Labute approximate surface area is 109 Å². The second kappa shape index (κ2) is 6.29. The van der Waals surface area contributed by atoms with Gasteiger partial charge in [0.25, 0.3) is 0 Å². The summed E-state index contributed by atoms with van der Waals surface area (Å²) < 4.78 is 25.9. The minimum atomic E-state index is -3.53. The Hall–Kier alpha value is -0.950. The summed E-state index contributed by atoms with van der Waals surface area (Å²) in [6, 6.07) is 6.51. The highest BCUT2D eigenvalue weighted by molar-refractivity contribution is 7.89. The van der Waals surface area contributed by atoms with Crippen LogP contribution in [-0.2, 0) is 16.6 Å². The van der Waals surface area contributed by atoms with Crippen molar-refractivity contribution in [1.29, 1.82) is 0 Å². The SMILES string of the molecule is CN(C)CCN(C)S(=O)(=O)c1ccccc1CO. The number of hydrogen-bond donors (Lipinski definition) is 1. The van der Waals surface area contributed by atoms with Crippen LogP contribution in [0.15, 0.2) is 29.2 Å². The molecule has 102 valence electrons. The van der Waals surface area contributed by atoms with E-state index >= 15 is 0 Å². The lowest BCUT2D eigenvalue weighted by Crippen LogP contribution is -2.34. The highest BCUT2D eigenvalue weighted by Crippen LogP contribution is 2.19. The molecule has 0 amide bonds. The monoisotopic (exact) mass is 272 g/mol. The molecular formula is C12H20N2O3S. The number of hydrogen-bond acceptors (Lipinski definition) is 4. The molecule has 1 rings (SSSR count). The number of sulfonamides is 1. The van der Waals surface area contributed by atoms with Gasteiger partial charge in [-0.25, -0.2) is 8.42 Å². The van der Waals surface area contributed by atoms with Gasteiger partial charge in [-0.05, 0) is 25.7 Å². The molecule has 6 heteroatoms. The highest BCUT2D eigenvalue weighted by Gasteiger charge is 2.22.